The largest absolute Gasteiger partial charge is 0.504 e. The van der Waals surface area contributed by atoms with E-state index in [9.17, 15) is 14.3 Å². The van der Waals surface area contributed by atoms with Gasteiger partial charge in [0.2, 0.25) is 0 Å². The van der Waals surface area contributed by atoms with Crippen molar-refractivity contribution < 1.29 is 19.0 Å². The number of aromatic hydroxyl groups is 1. The first-order valence-corrected chi connectivity index (χ1v) is 9.43. The molecule has 4 nitrogen and oxygen atoms in total. The molecule has 0 spiro atoms. The molecule has 0 saturated carbocycles. The number of hydrogen-bond donors (Lipinski definition) is 1. The van der Waals surface area contributed by atoms with E-state index in [0.29, 0.717) is 24.4 Å². The first kappa shape index (κ1) is 17.5. The average molecular weight is 383 g/mol. The maximum atomic E-state index is 13.1. The van der Waals surface area contributed by atoms with Crippen LogP contribution in [-0.4, -0.2) is 29.1 Å². The summed E-state index contributed by atoms with van der Waals surface area (Å²) >= 11 is 1.64. The van der Waals surface area contributed by atoms with Crippen LogP contribution in [0.4, 0.5) is 4.39 Å². The molecule has 27 heavy (non-hydrogen) atoms. The van der Waals surface area contributed by atoms with Crippen molar-refractivity contribution in [3.8, 4) is 21.9 Å². The predicted octanol–water partition coefficient (Wildman–Crippen LogP) is 4.60. The highest BCUT2D eigenvalue weighted by Gasteiger charge is 2.24. The molecule has 1 aliphatic heterocycles. The van der Waals surface area contributed by atoms with E-state index in [0.717, 1.165) is 16.0 Å². The van der Waals surface area contributed by atoms with E-state index in [-0.39, 0.29) is 24.1 Å². The van der Waals surface area contributed by atoms with Gasteiger partial charge in [0.05, 0.1) is 6.54 Å². The number of phenols is 1. The van der Waals surface area contributed by atoms with Crippen LogP contribution in [-0.2, 0) is 6.54 Å². The predicted molar refractivity (Wildman–Crippen MR) is 103 cm³/mol. The fourth-order valence-corrected chi connectivity index (χ4v) is 4.03. The van der Waals surface area contributed by atoms with E-state index >= 15 is 0 Å². The molecular weight excluding hydrogens is 365 g/mol. The lowest BCUT2D eigenvalue weighted by molar-refractivity contribution is 0.0733. The number of phenolic OH excluding ortho intramolecular Hbond substituents is 1. The first-order chi connectivity index (χ1) is 13.0. The van der Waals surface area contributed by atoms with Gasteiger partial charge in [-0.2, -0.15) is 0 Å². The third kappa shape index (κ3) is 3.53. The lowest BCUT2D eigenvalue weighted by atomic mass is 10.1. The standard InChI is InChI=1S/C21H18FNO3S/c1-13-2-7-19(27-13)15-10-16-12-23(8-9-26-20(16)18(24)11-15)21(25)14-3-5-17(22)6-4-14/h2-7,10-11,24H,8-9,12H2,1H3. The van der Waals surface area contributed by atoms with E-state index in [1.807, 2.05) is 25.1 Å². The molecular formula is C21H18FNO3S. The van der Waals surface area contributed by atoms with E-state index in [2.05, 4.69) is 0 Å². The second-order valence-electron chi connectivity index (χ2n) is 6.48. The summed E-state index contributed by atoms with van der Waals surface area (Å²) in [5, 5.41) is 10.4. The molecule has 0 saturated heterocycles. The zero-order valence-electron chi connectivity index (χ0n) is 14.7. The lowest BCUT2D eigenvalue weighted by Gasteiger charge is -2.20. The van der Waals surface area contributed by atoms with Crippen molar-refractivity contribution in [2.24, 2.45) is 0 Å². The quantitative estimate of drug-likeness (QED) is 0.703. The van der Waals surface area contributed by atoms with Crippen molar-refractivity contribution >= 4 is 17.2 Å². The number of thiophene rings is 1. The number of amides is 1. The number of aryl methyl sites for hydroxylation is 1. The molecule has 2 aromatic carbocycles. The molecule has 0 unspecified atom stereocenters. The van der Waals surface area contributed by atoms with Crippen molar-refractivity contribution in [2.45, 2.75) is 13.5 Å². The van der Waals surface area contributed by atoms with Gasteiger partial charge in [0.25, 0.3) is 5.91 Å². The van der Waals surface area contributed by atoms with Crippen molar-refractivity contribution in [3.05, 3.63) is 70.4 Å². The zero-order valence-corrected chi connectivity index (χ0v) is 15.6. The minimum absolute atomic E-state index is 0.0737. The van der Waals surface area contributed by atoms with Crippen LogP contribution in [0.15, 0.2) is 48.5 Å². The van der Waals surface area contributed by atoms with Gasteiger partial charge in [0.1, 0.15) is 12.4 Å². The van der Waals surface area contributed by atoms with Gasteiger partial charge in [-0.1, -0.05) is 0 Å². The Morgan fingerprint density at radius 1 is 1.19 bits per heavy atom. The molecule has 0 fully saturated rings. The van der Waals surface area contributed by atoms with Crippen LogP contribution in [0.25, 0.3) is 10.4 Å². The maximum Gasteiger partial charge on any atom is 0.254 e. The van der Waals surface area contributed by atoms with Gasteiger partial charge >= 0.3 is 0 Å². The molecule has 1 amide bonds. The van der Waals surface area contributed by atoms with Gasteiger partial charge in [-0.25, -0.2) is 4.39 Å². The maximum absolute atomic E-state index is 13.1. The first-order valence-electron chi connectivity index (χ1n) is 8.61. The number of halogens is 1. The molecule has 0 aliphatic carbocycles. The summed E-state index contributed by atoms with van der Waals surface area (Å²) in [6.07, 6.45) is 0. The number of nitrogens with zero attached hydrogens (tertiary/aromatic N) is 1. The van der Waals surface area contributed by atoms with Gasteiger partial charge in [-0.05, 0) is 61.0 Å². The van der Waals surface area contributed by atoms with Crippen molar-refractivity contribution in [2.75, 3.05) is 13.2 Å². The zero-order chi connectivity index (χ0) is 19.0. The summed E-state index contributed by atoms with van der Waals surface area (Å²) < 4.78 is 18.8. The van der Waals surface area contributed by atoms with Crippen LogP contribution in [0, 0.1) is 12.7 Å². The number of fused-ring (bicyclic) bond motifs is 1. The topological polar surface area (TPSA) is 49.8 Å². The Kier molecular flexibility index (Phi) is 4.58. The van der Waals surface area contributed by atoms with Crippen LogP contribution in [0.3, 0.4) is 0 Å². The summed E-state index contributed by atoms with van der Waals surface area (Å²) in [6, 6.07) is 13.2. The molecule has 0 atom stereocenters. The monoisotopic (exact) mass is 383 g/mol. The molecule has 0 radical (unpaired) electrons. The SMILES string of the molecule is Cc1ccc(-c2cc(O)c3c(c2)CN(C(=O)c2ccc(F)cc2)CCO3)s1. The molecule has 4 rings (SSSR count). The van der Waals surface area contributed by atoms with Crippen LogP contribution >= 0.6 is 11.3 Å². The van der Waals surface area contributed by atoms with Gasteiger partial charge in [-0.15, -0.1) is 11.3 Å². The Labute approximate surface area is 160 Å². The number of ether oxygens (including phenoxy) is 1. The van der Waals surface area contributed by atoms with Crippen molar-refractivity contribution in [1.29, 1.82) is 0 Å². The fraction of sp³-hybridized carbons (Fsp3) is 0.190. The Morgan fingerprint density at radius 2 is 1.96 bits per heavy atom. The molecule has 1 N–H and O–H groups in total. The summed E-state index contributed by atoms with van der Waals surface area (Å²) in [4.78, 5) is 16.7. The molecule has 138 valence electrons. The number of benzene rings is 2. The molecule has 2 heterocycles. The van der Waals surface area contributed by atoms with Gasteiger partial charge in [0.15, 0.2) is 11.5 Å². The number of carbonyl (C=O) groups excluding carboxylic acids is 1. The highest BCUT2D eigenvalue weighted by Crippen LogP contribution is 2.39. The van der Waals surface area contributed by atoms with Crippen LogP contribution in [0.1, 0.15) is 20.8 Å². The van der Waals surface area contributed by atoms with Gasteiger partial charge in [0, 0.05) is 27.4 Å². The lowest BCUT2D eigenvalue weighted by Crippen LogP contribution is -2.32. The minimum Gasteiger partial charge on any atom is -0.504 e. The summed E-state index contributed by atoms with van der Waals surface area (Å²) in [7, 11) is 0. The smallest absolute Gasteiger partial charge is 0.254 e. The molecule has 1 aromatic heterocycles. The minimum atomic E-state index is -0.378. The fourth-order valence-electron chi connectivity index (χ4n) is 3.18. The normalized spacial score (nSPS) is 13.6. The van der Waals surface area contributed by atoms with E-state index in [1.54, 1.807) is 22.3 Å². The van der Waals surface area contributed by atoms with Crippen LogP contribution < -0.4 is 4.74 Å². The number of hydrogen-bond acceptors (Lipinski definition) is 4. The van der Waals surface area contributed by atoms with E-state index < -0.39 is 0 Å². The summed E-state index contributed by atoms with van der Waals surface area (Å²) in [6.45, 7) is 3.02. The van der Waals surface area contributed by atoms with E-state index in [1.165, 1.54) is 29.1 Å². The second kappa shape index (κ2) is 7.04. The Balaban J connectivity index is 1.67. The molecule has 3 aromatic rings. The Bertz CT molecular complexity index is 997. The van der Waals surface area contributed by atoms with Gasteiger partial charge < -0.3 is 14.7 Å². The second-order valence-corrected chi connectivity index (χ2v) is 7.76. The number of rotatable bonds is 2. The van der Waals surface area contributed by atoms with Crippen molar-refractivity contribution in [3.63, 3.8) is 0 Å². The van der Waals surface area contributed by atoms with Crippen molar-refractivity contribution in [1.82, 2.24) is 4.90 Å². The highest BCUT2D eigenvalue weighted by molar-refractivity contribution is 7.15. The average Bonchev–Trinajstić information content (AvgIpc) is 2.97. The summed E-state index contributed by atoms with van der Waals surface area (Å²) in [5.41, 5.74) is 2.07. The highest BCUT2D eigenvalue weighted by atomic mass is 32.1. The van der Waals surface area contributed by atoms with Crippen LogP contribution in [0.5, 0.6) is 11.5 Å². The molecule has 6 heteroatoms. The third-order valence-electron chi connectivity index (χ3n) is 4.52. The molecule has 1 aliphatic rings. The Hall–Kier alpha value is -2.86. The number of carbonyl (C=O) groups is 1. The third-order valence-corrected chi connectivity index (χ3v) is 5.57. The summed E-state index contributed by atoms with van der Waals surface area (Å²) in [5.74, 6) is -0.0775. The Morgan fingerprint density at radius 3 is 2.67 bits per heavy atom. The van der Waals surface area contributed by atoms with E-state index in [4.69, 9.17) is 4.74 Å². The van der Waals surface area contributed by atoms with Gasteiger partial charge in [-0.3, -0.25) is 4.79 Å². The molecule has 0 bridgehead atoms. The van der Waals surface area contributed by atoms with Crippen LogP contribution in [0.2, 0.25) is 0 Å².